The van der Waals surface area contributed by atoms with Gasteiger partial charge in [-0.25, -0.2) is 13.1 Å². The average Bonchev–Trinajstić information content (AvgIpc) is 2.46. The van der Waals surface area contributed by atoms with Crippen LogP contribution in [0.5, 0.6) is 0 Å². The van der Waals surface area contributed by atoms with Gasteiger partial charge >= 0.3 is 0 Å². The minimum Gasteiger partial charge on any atom is -0.379 e. The Labute approximate surface area is 133 Å². The number of sulfonamides is 1. The van der Waals surface area contributed by atoms with Gasteiger partial charge < -0.3 is 4.74 Å². The van der Waals surface area contributed by atoms with Gasteiger partial charge in [0, 0.05) is 25.2 Å². The molecular formula is C14H28N2O3S2. The van der Waals surface area contributed by atoms with Crippen molar-refractivity contribution >= 4 is 21.8 Å². The molecule has 21 heavy (non-hydrogen) atoms. The smallest absolute Gasteiger partial charge is 0.211 e. The highest BCUT2D eigenvalue weighted by Crippen LogP contribution is 2.33. The van der Waals surface area contributed by atoms with E-state index in [1.807, 2.05) is 25.6 Å². The Hall–Kier alpha value is 0.180. The molecule has 0 radical (unpaired) electrons. The van der Waals surface area contributed by atoms with Crippen molar-refractivity contribution in [3.8, 4) is 0 Å². The Morgan fingerprint density at radius 3 is 2.43 bits per heavy atom. The predicted molar refractivity (Wildman–Crippen MR) is 88.3 cm³/mol. The van der Waals surface area contributed by atoms with Gasteiger partial charge in [-0.1, -0.05) is 13.8 Å². The largest absolute Gasteiger partial charge is 0.379 e. The second-order valence-corrected chi connectivity index (χ2v) is 9.51. The quantitative estimate of drug-likeness (QED) is 0.789. The van der Waals surface area contributed by atoms with Gasteiger partial charge in [0.2, 0.25) is 10.0 Å². The number of nitrogens with zero attached hydrogens (tertiary/aromatic N) is 1. The molecule has 0 bridgehead atoms. The molecular weight excluding hydrogens is 308 g/mol. The van der Waals surface area contributed by atoms with Crippen molar-refractivity contribution in [3.63, 3.8) is 0 Å². The standard InChI is InChI=1S/C14H28N2O3S2/c1-13(2)11-21(17,18)15-12-14(3-9-20-10-4-14)16-5-7-19-8-6-16/h13,15H,3-12H2,1-2H3. The van der Waals surface area contributed by atoms with Gasteiger partial charge in [-0.15, -0.1) is 0 Å². The van der Waals surface area contributed by atoms with Crippen molar-refractivity contribution in [2.75, 3.05) is 50.1 Å². The summed E-state index contributed by atoms with van der Waals surface area (Å²) in [5.41, 5.74) is -0.0148. The van der Waals surface area contributed by atoms with Gasteiger partial charge in [0.1, 0.15) is 0 Å². The highest BCUT2D eigenvalue weighted by Gasteiger charge is 2.39. The van der Waals surface area contributed by atoms with Crippen LogP contribution < -0.4 is 4.72 Å². The van der Waals surface area contributed by atoms with Gasteiger partial charge in [0.15, 0.2) is 0 Å². The zero-order chi connectivity index (χ0) is 15.3. The number of rotatable bonds is 6. The Bertz CT molecular complexity index is 414. The van der Waals surface area contributed by atoms with E-state index in [1.165, 1.54) is 0 Å². The molecule has 0 saturated carbocycles. The fourth-order valence-electron chi connectivity index (χ4n) is 3.14. The molecule has 2 saturated heterocycles. The molecule has 124 valence electrons. The Morgan fingerprint density at radius 1 is 1.24 bits per heavy atom. The number of nitrogens with one attached hydrogen (secondary N) is 1. The number of hydrogen-bond acceptors (Lipinski definition) is 5. The fourth-order valence-corrected chi connectivity index (χ4v) is 5.87. The Kier molecular flexibility index (Phi) is 6.38. The summed E-state index contributed by atoms with van der Waals surface area (Å²) >= 11 is 1.97. The van der Waals surface area contributed by atoms with Gasteiger partial charge in [-0.3, -0.25) is 4.90 Å². The number of morpholine rings is 1. The molecule has 0 aromatic carbocycles. The molecule has 2 fully saturated rings. The number of ether oxygens (including phenoxy) is 1. The molecule has 0 amide bonds. The van der Waals surface area contributed by atoms with E-state index in [0.29, 0.717) is 6.54 Å². The van der Waals surface area contributed by atoms with Crippen LogP contribution in [0.15, 0.2) is 0 Å². The second kappa shape index (κ2) is 7.64. The molecule has 0 aromatic rings. The van der Waals surface area contributed by atoms with Crippen molar-refractivity contribution in [1.82, 2.24) is 9.62 Å². The summed E-state index contributed by atoms with van der Waals surface area (Å²) in [6.45, 7) is 7.76. The van der Waals surface area contributed by atoms with Crippen molar-refractivity contribution < 1.29 is 13.2 Å². The minimum absolute atomic E-state index is 0.0148. The van der Waals surface area contributed by atoms with E-state index in [0.717, 1.165) is 50.7 Å². The Morgan fingerprint density at radius 2 is 1.86 bits per heavy atom. The van der Waals surface area contributed by atoms with Crippen molar-refractivity contribution in [1.29, 1.82) is 0 Å². The van der Waals surface area contributed by atoms with Crippen LogP contribution in [0.1, 0.15) is 26.7 Å². The third-order valence-corrected chi connectivity index (χ3v) is 6.95. The van der Waals surface area contributed by atoms with E-state index in [-0.39, 0.29) is 17.2 Å². The lowest BCUT2D eigenvalue weighted by molar-refractivity contribution is -0.0242. The van der Waals surface area contributed by atoms with E-state index >= 15 is 0 Å². The minimum atomic E-state index is -3.17. The van der Waals surface area contributed by atoms with Gasteiger partial charge in [0.25, 0.3) is 0 Å². The summed E-state index contributed by atoms with van der Waals surface area (Å²) in [5, 5.41) is 0. The average molecular weight is 337 g/mol. The summed E-state index contributed by atoms with van der Waals surface area (Å²) in [4.78, 5) is 2.45. The molecule has 1 N–H and O–H groups in total. The lowest BCUT2D eigenvalue weighted by atomic mass is 9.89. The zero-order valence-electron chi connectivity index (χ0n) is 13.1. The Balaban J connectivity index is 2.02. The van der Waals surface area contributed by atoms with Crippen LogP contribution in [0.25, 0.3) is 0 Å². The third kappa shape index (κ3) is 5.10. The fraction of sp³-hybridized carbons (Fsp3) is 1.00. The van der Waals surface area contributed by atoms with Crippen molar-refractivity contribution in [3.05, 3.63) is 0 Å². The van der Waals surface area contributed by atoms with E-state index in [1.54, 1.807) is 0 Å². The molecule has 2 rings (SSSR count). The van der Waals surface area contributed by atoms with E-state index in [4.69, 9.17) is 4.74 Å². The molecule has 0 atom stereocenters. The summed E-state index contributed by atoms with van der Waals surface area (Å²) in [5.74, 6) is 2.59. The van der Waals surface area contributed by atoms with E-state index in [2.05, 4.69) is 9.62 Å². The molecule has 7 heteroatoms. The lowest BCUT2D eigenvalue weighted by Gasteiger charge is -2.48. The highest BCUT2D eigenvalue weighted by molar-refractivity contribution is 7.99. The maximum atomic E-state index is 12.1. The highest BCUT2D eigenvalue weighted by atomic mass is 32.2. The maximum Gasteiger partial charge on any atom is 0.211 e. The molecule has 0 aromatic heterocycles. The first-order valence-electron chi connectivity index (χ1n) is 7.81. The van der Waals surface area contributed by atoms with Crippen LogP contribution in [0.4, 0.5) is 0 Å². The third-order valence-electron chi connectivity index (χ3n) is 4.28. The predicted octanol–water partition coefficient (Wildman–Crippen LogP) is 1.16. The molecule has 2 heterocycles. The SMILES string of the molecule is CC(C)CS(=O)(=O)NCC1(N2CCOCC2)CCSCC1. The molecule has 2 aliphatic rings. The van der Waals surface area contributed by atoms with Crippen LogP contribution >= 0.6 is 11.8 Å². The first-order valence-corrected chi connectivity index (χ1v) is 10.6. The second-order valence-electron chi connectivity index (χ2n) is 6.43. The van der Waals surface area contributed by atoms with Gasteiger partial charge in [-0.2, -0.15) is 11.8 Å². The van der Waals surface area contributed by atoms with Gasteiger partial charge in [0.05, 0.1) is 19.0 Å². The first-order chi connectivity index (χ1) is 9.94. The summed E-state index contributed by atoms with van der Waals surface area (Å²) in [6, 6.07) is 0. The zero-order valence-corrected chi connectivity index (χ0v) is 14.8. The normalized spacial score (nSPS) is 24.3. The van der Waals surface area contributed by atoms with Crippen LogP contribution in [0.2, 0.25) is 0 Å². The molecule has 0 unspecified atom stereocenters. The van der Waals surface area contributed by atoms with E-state index < -0.39 is 10.0 Å². The lowest BCUT2D eigenvalue weighted by Crippen LogP contribution is -2.60. The number of hydrogen-bond donors (Lipinski definition) is 1. The van der Waals surface area contributed by atoms with Crippen LogP contribution in [0, 0.1) is 5.92 Å². The summed E-state index contributed by atoms with van der Waals surface area (Å²) in [6.07, 6.45) is 2.11. The topological polar surface area (TPSA) is 58.6 Å². The first kappa shape index (κ1) is 17.5. The number of thioether (sulfide) groups is 1. The summed E-state index contributed by atoms with van der Waals surface area (Å²) in [7, 11) is -3.17. The van der Waals surface area contributed by atoms with Crippen LogP contribution in [-0.4, -0.2) is 69.0 Å². The molecule has 0 aliphatic carbocycles. The molecule has 0 spiro atoms. The van der Waals surface area contributed by atoms with Crippen molar-refractivity contribution in [2.45, 2.75) is 32.2 Å². The summed E-state index contributed by atoms with van der Waals surface area (Å²) < 4.78 is 32.6. The van der Waals surface area contributed by atoms with E-state index in [9.17, 15) is 8.42 Å². The monoisotopic (exact) mass is 336 g/mol. The van der Waals surface area contributed by atoms with Crippen molar-refractivity contribution in [2.24, 2.45) is 5.92 Å². The van der Waals surface area contributed by atoms with Crippen LogP contribution in [-0.2, 0) is 14.8 Å². The molecule has 5 nitrogen and oxygen atoms in total. The van der Waals surface area contributed by atoms with Gasteiger partial charge in [-0.05, 0) is 30.3 Å². The maximum absolute atomic E-state index is 12.1. The molecule has 2 aliphatic heterocycles. The van der Waals surface area contributed by atoms with Crippen LogP contribution in [0.3, 0.4) is 0 Å².